The predicted octanol–water partition coefficient (Wildman–Crippen LogP) is 3.04. The number of thiophene rings is 1. The maximum Gasteiger partial charge on any atom is 0.264 e. The summed E-state index contributed by atoms with van der Waals surface area (Å²) in [7, 11) is 0. The summed E-state index contributed by atoms with van der Waals surface area (Å²) in [4.78, 5) is 29.6. The van der Waals surface area contributed by atoms with E-state index in [9.17, 15) is 9.59 Å². The van der Waals surface area contributed by atoms with Gasteiger partial charge in [-0.25, -0.2) is 4.68 Å². The van der Waals surface area contributed by atoms with Gasteiger partial charge in [-0.15, -0.1) is 11.3 Å². The molecule has 0 bridgehead atoms. The van der Waals surface area contributed by atoms with Crippen molar-refractivity contribution in [3.8, 4) is 0 Å². The van der Waals surface area contributed by atoms with Crippen LogP contribution in [0.25, 0.3) is 0 Å². The monoisotopic (exact) mass is 443 g/mol. The fourth-order valence-corrected chi connectivity index (χ4v) is 4.29. The molecule has 3 heterocycles. The number of halogens is 1. The number of nitrogens with one attached hydrogen (secondary N) is 1. The van der Waals surface area contributed by atoms with Gasteiger partial charge in [0.2, 0.25) is 5.91 Å². The highest BCUT2D eigenvalue weighted by atomic mass is 35.5. The van der Waals surface area contributed by atoms with Crippen molar-refractivity contribution in [1.82, 2.24) is 19.6 Å². The molecule has 1 fully saturated rings. The quantitative estimate of drug-likeness (QED) is 0.635. The zero-order valence-electron chi connectivity index (χ0n) is 16.3. The van der Waals surface area contributed by atoms with Gasteiger partial charge in [-0.2, -0.15) is 5.10 Å². The molecule has 30 heavy (non-hydrogen) atoms. The van der Waals surface area contributed by atoms with Gasteiger partial charge in [-0.05, 0) is 23.1 Å². The number of hydrogen-bond donors (Lipinski definition) is 1. The highest BCUT2D eigenvalue weighted by molar-refractivity contribution is 7.12. The van der Waals surface area contributed by atoms with Crippen LogP contribution in [0, 0.1) is 0 Å². The van der Waals surface area contributed by atoms with Crippen molar-refractivity contribution >= 4 is 40.6 Å². The Kier molecular flexibility index (Phi) is 6.47. The number of anilines is 1. The Morgan fingerprint density at radius 1 is 1.07 bits per heavy atom. The molecule has 0 saturated carbocycles. The molecule has 1 N–H and O–H groups in total. The molecule has 0 atom stereocenters. The SMILES string of the molecule is O=C(CN1CCN(C(=O)c2cccs2)CC1)Nc1ccnn1Cc1ccccc1Cl. The van der Waals surface area contributed by atoms with Gasteiger partial charge in [0, 0.05) is 37.3 Å². The lowest BCUT2D eigenvalue weighted by Gasteiger charge is -2.34. The molecule has 3 aromatic rings. The van der Waals surface area contributed by atoms with Crippen LogP contribution in [0.15, 0.2) is 54.0 Å². The predicted molar refractivity (Wildman–Crippen MR) is 118 cm³/mol. The summed E-state index contributed by atoms with van der Waals surface area (Å²) in [5.74, 6) is 0.595. The molecular formula is C21H22ClN5O2S. The van der Waals surface area contributed by atoms with E-state index < -0.39 is 0 Å². The molecule has 9 heteroatoms. The third-order valence-electron chi connectivity index (χ3n) is 5.02. The number of rotatable bonds is 6. The molecule has 1 aromatic carbocycles. The Bertz CT molecular complexity index is 1010. The Balaban J connectivity index is 1.28. The average molecular weight is 444 g/mol. The zero-order valence-corrected chi connectivity index (χ0v) is 17.9. The molecule has 0 spiro atoms. The van der Waals surface area contributed by atoms with E-state index in [1.54, 1.807) is 16.9 Å². The van der Waals surface area contributed by atoms with Crippen LogP contribution in [-0.4, -0.2) is 64.1 Å². The minimum atomic E-state index is -0.103. The molecule has 1 aliphatic rings. The van der Waals surface area contributed by atoms with E-state index in [0.29, 0.717) is 43.6 Å². The van der Waals surface area contributed by atoms with E-state index in [0.717, 1.165) is 10.4 Å². The van der Waals surface area contributed by atoms with Crippen LogP contribution in [0.2, 0.25) is 5.02 Å². The van der Waals surface area contributed by atoms with Crippen LogP contribution in [-0.2, 0) is 11.3 Å². The molecule has 1 aliphatic heterocycles. The molecule has 2 aromatic heterocycles. The van der Waals surface area contributed by atoms with E-state index in [2.05, 4.69) is 15.3 Å². The highest BCUT2D eigenvalue weighted by Crippen LogP contribution is 2.18. The summed E-state index contributed by atoms with van der Waals surface area (Å²) < 4.78 is 1.72. The standard InChI is InChI=1S/C21H22ClN5O2S/c22-17-5-2-1-4-16(17)14-27-19(7-8-23-27)24-20(28)15-25-9-11-26(12-10-25)21(29)18-6-3-13-30-18/h1-8,13H,9-12,14-15H2,(H,24,28). The number of carbonyl (C=O) groups excluding carboxylic acids is 2. The number of piperazine rings is 1. The van der Waals surface area contributed by atoms with Gasteiger partial charge in [0.1, 0.15) is 5.82 Å². The van der Waals surface area contributed by atoms with Crippen LogP contribution in [0.5, 0.6) is 0 Å². The fourth-order valence-electron chi connectivity index (χ4n) is 3.40. The molecular weight excluding hydrogens is 422 g/mol. The summed E-state index contributed by atoms with van der Waals surface area (Å²) in [5, 5.41) is 9.80. The normalized spacial score (nSPS) is 14.6. The van der Waals surface area contributed by atoms with E-state index in [1.165, 1.54) is 11.3 Å². The zero-order chi connectivity index (χ0) is 20.9. The number of aromatic nitrogens is 2. The number of nitrogens with zero attached hydrogens (tertiary/aromatic N) is 4. The van der Waals surface area contributed by atoms with Crippen molar-refractivity contribution in [3.05, 3.63) is 69.5 Å². The lowest BCUT2D eigenvalue weighted by molar-refractivity contribution is -0.117. The Labute approximate surface area is 183 Å². The largest absolute Gasteiger partial charge is 0.335 e. The number of carbonyl (C=O) groups is 2. The van der Waals surface area contributed by atoms with E-state index >= 15 is 0 Å². The minimum Gasteiger partial charge on any atom is -0.335 e. The van der Waals surface area contributed by atoms with E-state index in [4.69, 9.17) is 11.6 Å². The lowest BCUT2D eigenvalue weighted by atomic mass is 10.2. The Morgan fingerprint density at radius 3 is 2.60 bits per heavy atom. The molecule has 1 saturated heterocycles. The van der Waals surface area contributed by atoms with Gasteiger partial charge in [-0.3, -0.25) is 14.5 Å². The van der Waals surface area contributed by atoms with Gasteiger partial charge in [-0.1, -0.05) is 35.9 Å². The third kappa shape index (κ3) is 4.89. The van der Waals surface area contributed by atoms with Gasteiger partial charge in [0.25, 0.3) is 5.91 Å². The van der Waals surface area contributed by atoms with Crippen LogP contribution >= 0.6 is 22.9 Å². The Hall–Kier alpha value is -2.68. The van der Waals surface area contributed by atoms with Crippen molar-refractivity contribution in [3.63, 3.8) is 0 Å². The summed E-state index contributed by atoms with van der Waals surface area (Å²) in [6, 6.07) is 13.1. The van der Waals surface area contributed by atoms with Crippen molar-refractivity contribution < 1.29 is 9.59 Å². The van der Waals surface area contributed by atoms with Gasteiger partial charge in [0.15, 0.2) is 0 Å². The van der Waals surface area contributed by atoms with Crippen LogP contribution < -0.4 is 5.32 Å². The first-order chi connectivity index (χ1) is 14.6. The van der Waals surface area contributed by atoms with Crippen LogP contribution in [0.1, 0.15) is 15.2 Å². The number of amides is 2. The van der Waals surface area contributed by atoms with Crippen LogP contribution in [0.4, 0.5) is 5.82 Å². The lowest BCUT2D eigenvalue weighted by Crippen LogP contribution is -2.50. The Morgan fingerprint density at radius 2 is 1.87 bits per heavy atom. The summed E-state index contributed by atoms with van der Waals surface area (Å²) in [5.41, 5.74) is 0.935. The molecule has 0 unspecified atom stereocenters. The maximum atomic E-state index is 12.6. The molecule has 7 nitrogen and oxygen atoms in total. The number of hydrogen-bond acceptors (Lipinski definition) is 5. The summed E-state index contributed by atoms with van der Waals surface area (Å²) in [6.07, 6.45) is 1.65. The second kappa shape index (κ2) is 9.42. The highest BCUT2D eigenvalue weighted by Gasteiger charge is 2.24. The number of benzene rings is 1. The van der Waals surface area contributed by atoms with Crippen LogP contribution in [0.3, 0.4) is 0 Å². The third-order valence-corrected chi connectivity index (χ3v) is 6.25. The molecule has 0 aliphatic carbocycles. The smallest absolute Gasteiger partial charge is 0.264 e. The van der Waals surface area contributed by atoms with Crippen molar-refractivity contribution in [1.29, 1.82) is 0 Å². The van der Waals surface area contributed by atoms with Crippen molar-refractivity contribution in [2.24, 2.45) is 0 Å². The first-order valence-corrected chi connectivity index (χ1v) is 11.0. The molecule has 2 amide bonds. The topological polar surface area (TPSA) is 70.5 Å². The van der Waals surface area contributed by atoms with Crippen molar-refractivity contribution in [2.75, 3.05) is 38.0 Å². The second-order valence-corrected chi connectivity index (χ2v) is 8.41. The maximum absolute atomic E-state index is 12.6. The summed E-state index contributed by atoms with van der Waals surface area (Å²) in [6.45, 7) is 3.33. The molecule has 156 valence electrons. The fraction of sp³-hybridized carbons (Fsp3) is 0.286. The van der Waals surface area contributed by atoms with Gasteiger partial charge < -0.3 is 10.2 Å². The minimum absolute atomic E-state index is 0.0672. The second-order valence-electron chi connectivity index (χ2n) is 7.06. The van der Waals surface area contributed by atoms with E-state index in [-0.39, 0.29) is 18.4 Å². The van der Waals surface area contributed by atoms with Crippen molar-refractivity contribution in [2.45, 2.75) is 6.54 Å². The first kappa shape index (κ1) is 20.6. The van der Waals surface area contributed by atoms with Gasteiger partial charge in [0.05, 0.1) is 24.2 Å². The molecule has 0 radical (unpaired) electrons. The summed E-state index contributed by atoms with van der Waals surface area (Å²) >= 11 is 7.69. The molecule has 4 rings (SSSR count). The average Bonchev–Trinajstić information content (AvgIpc) is 3.42. The first-order valence-electron chi connectivity index (χ1n) is 9.70. The van der Waals surface area contributed by atoms with Gasteiger partial charge >= 0.3 is 0 Å². The van der Waals surface area contributed by atoms with E-state index in [1.807, 2.05) is 46.7 Å².